The molecule has 0 saturated carbocycles. The number of benzene rings is 2. The van der Waals surface area contributed by atoms with Crippen molar-refractivity contribution >= 4 is 108 Å². The molecule has 1 saturated heterocycles. The van der Waals surface area contributed by atoms with Crippen molar-refractivity contribution in [2.45, 2.75) is 195 Å². The van der Waals surface area contributed by atoms with Crippen molar-refractivity contribution in [1.29, 1.82) is 0 Å². The van der Waals surface area contributed by atoms with Gasteiger partial charge in [0.1, 0.15) is 41.8 Å². The number of imide groups is 1. The highest BCUT2D eigenvalue weighted by molar-refractivity contribution is 7.47. The van der Waals surface area contributed by atoms with E-state index in [-0.39, 0.29) is 69.7 Å². The Morgan fingerprint density at radius 2 is 1.38 bits per heavy atom. The van der Waals surface area contributed by atoms with E-state index in [1.807, 2.05) is 0 Å². The van der Waals surface area contributed by atoms with Gasteiger partial charge in [-0.3, -0.25) is 71.5 Å². The van der Waals surface area contributed by atoms with Crippen LogP contribution in [0, 0.1) is 29.6 Å². The van der Waals surface area contributed by atoms with Crippen LogP contribution < -0.4 is 37.6 Å². The van der Waals surface area contributed by atoms with Crippen LogP contribution in [-0.4, -0.2) is 240 Å². The number of esters is 3. The lowest BCUT2D eigenvalue weighted by molar-refractivity contribution is -0.174. The molecule has 36 nitrogen and oxygen atoms in total. The summed E-state index contributed by atoms with van der Waals surface area (Å²) in [5.41, 5.74) is 5.64. The Balaban J connectivity index is 1.65. The molecule has 2 aromatic carbocycles. The van der Waals surface area contributed by atoms with Crippen LogP contribution in [0.15, 0.2) is 79.0 Å². The molecule has 2 aliphatic heterocycles. The number of ether oxygens (including phenoxy) is 5. The summed E-state index contributed by atoms with van der Waals surface area (Å²) >= 11 is 0. The zero-order valence-corrected chi connectivity index (χ0v) is 67.0. The van der Waals surface area contributed by atoms with Gasteiger partial charge in [0.25, 0.3) is 23.6 Å². The summed E-state index contributed by atoms with van der Waals surface area (Å²) in [5, 5.41) is 15.3. The smallest absolute Gasteiger partial charge is 0.459 e. The number of rotatable bonds is 35. The maximum absolute atomic E-state index is 15.5. The number of hydrogen-bond acceptors (Lipinski definition) is 24. The van der Waals surface area contributed by atoms with E-state index in [0.29, 0.717) is 5.56 Å². The number of urea groups is 1. The fourth-order valence-electron chi connectivity index (χ4n) is 11.9. The average Bonchev–Trinajstić information content (AvgIpc) is 0.879. The Kier molecular flexibility index (Phi) is 37.2. The summed E-state index contributed by atoms with van der Waals surface area (Å²) in [6, 6.07) is 3.36. The molecule has 2 aromatic rings. The Morgan fingerprint density at radius 1 is 0.750 bits per heavy atom. The van der Waals surface area contributed by atoms with Crippen LogP contribution in [-0.2, 0) is 122 Å². The summed E-state index contributed by atoms with van der Waals surface area (Å²) in [4.78, 5) is 234. The van der Waals surface area contributed by atoms with E-state index in [9.17, 15) is 76.6 Å². The first kappa shape index (κ1) is 94.2. The minimum absolute atomic E-state index is 0.0247. The van der Waals surface area contributed by atoms with Crippen LogP contribution in [0.5, 0.6) is 0 Å². The lowest BCUT2D eigenvalue weighted by atomic mass is 9.89. The Morgan fingerprint density at radius 3 is 1.94 bits per heavy atom. The number of carbonyl (C=O) groups excluding carboxylic acids is 16. The monoisotopic (exact) mass is 1590 g/mol. The van der Waals surface area contributed by atoms with Crippen LogP contribution in [0.25, 0.3) is 0 Å². The third-order valence-electron chi connectivity index (χ3n) is 18.6. The number of phosphoric acid groups is 1. The minimum atomic E-state index is -5.29. The lowest BCUT2D eigenvalue weighted by Crippen LogP contribution is -2.63. The van der Waals surface area contributed by atoms with Crippen LogP contribution in [0.1, 0.15) is 126 Å². The van der Waals surface area contributed by atoms with Crippen LogP contribution in [0.2, 0.25) is 0 Å². The van der Waals surface area contributed by atoms with E-state index >= 15 is 9.59 Å². The summed E-state index contributed by atoms with van der Waals surface area (Å²) in [5.74, 6) is -18.3. The van der Waals surface area contributed by atoms with Gasteiger partial charge in [0.2, 0.25) is 35.4 Å². The SMILES string of the molecule is C=C1C(=O)N[C@@H](C)C(=O)N(C)[C@@H](C)C(=O)N[C@@H]([C@H](OC(=O)[C@@H](CC(C)=O)[C@H](OP(=O)(O)OCc2ccc(NC(=O)[C@H](CCCNC(N)=O)CC(=O)[C@@H](NC(=O)CCOCCN3C(=O)C=CC3=O)C(C)C)cc2)C(C)C)C(C)C)C(=O)N(C)[C@@H]([C@@H](C)OC)C(=O)O[C@H](C)[C@H](NC(C)=O)C(=O)O[C@H](Cc2ccccc2)C(=O)N1C. The second-order valence-corrected chi connectivity index (χ2v) is 29.8. The van der Waals surface area contributed by atoms with Gasteiger partial charge in [-0.1, -0.05) is 90.6 Å². The van der Waals surface area contributed by atoms with Gasteiger partial charge in [-0.05, 0) is 88.5 Å². The molecule has 9 N–H and O–H groups in total. The van der Waals surface area contributed by atoms with Gasteiger partial charge in [0.05, 0.1) is 50.5 Å². The third-order valence-corrected chi connectivity index (χ3v) is 19.5. The zero-order valence-electron chi connectivity index (χ0n) is 66.1. The number of hydrogen-bond donors (Lipinski definition) is 8. The van der Waals surface area contributed by atoms with Crippen LogP contribution in [0.3, 0.4) is 0 Å². The number of Topliss-reactive ketones (excluding diaryl/α,β-unsaturated/α-hetero) is 2. The highest BCUT2D eigenvalue weighted by atomic mass is 31.2. The van der Waals surface area contributed by atoms with E-state index in [4.69, 9.17) is 38.5 Å². The highest BCUT2D eigenvalue weighted by Crippen LogP contribution is 2.48. The van der Waals surface area contributed by atoms with E-state index in [1.165, 1.54) is 93.8 Å². The van der Waals surface area contributed by atoms with Crippen molar-refractivity contribution in [3.8, 4) is 0 Å². The van der Waals surface area contributed by atoms with Crippen molar-refractivity contribution in [2.24, 2.45) is 35.3 Å². The van der Waals surface area contributed by atoms with Crippen molar-refractivity contribution in [1.82, 2.24) is 46.2 Å². The number of carbonyl (C=O) groups is 16. The number of primary amides is 1. The molecule has 12 amide bonds. The van der Waals surface area contributed by atoms with E-state index in [1.54, 1.807) is 44.2 Å². The predicted octanol–water partition coefficient (Wildman–Crippen LogP) is 2.22. The maximum Gasteiger partial charge on any atom is 0.472 e. The predicted molar refractivity (Wildman–Crippen MR) is 401 cm³/mol. The van der Waals surface area contributed by atoms with Gasteiger partial charge in [-0.2, -0.15) is 0 Å². The summed E-state index contributed by atoms with van der Waals surface area (Å²) < 4.78 is 54.1. The number of methoxy groups -OCH3 is 1. The first-order valence-corrected chi connectivity index (χ1v) is 38.0. The molecule has 0 aliphatic carbocycles. The number of nitrogens with zero attached hydrogens (tertiary/aromatic N) is 4. The van der Waals surface area contributed by atoms with Crippen molar-refractivity contribution in [3.05, 3.63) is 90.2 Å². The van der Waals surface area contributed by atoms with Gasteiger partial charge in [-0.15, -0.1) is 0 Å². The number of likely N-dealkylation sites (N-methyl/N-ethyl adjacent to an activating group) is 3. The second-order valence-electron chi connectivity index (χ2n) is 28.4. The fraction of sp³-hybridized carbons (Fsp3) is 0.573. The molecule has 1 fully saturated rings. The molecule has 1 unspecified atom stereocenters. The van der Waals surface area contributed by atoms with Crippen molar-refractivity contribution < 1.29 is 119 Å². The molecule has 112 heavy (non-hydrogen) atoms. The normalized spacial score (nSPS) is 21.6. The Bertz CT molecular complexity index is 3800. The quantitative estimate of drug-likeness (QED) is 0.0122. The average molecular weight is 1590 g/mol. The molecule has 618 valence electrons. The largest absolute Gasteiger partial charge is 0.472 e. The Labute approximate surface area is 650 Å². The third kappa shape index (κ3) is 28.6. The summed E-state index contributed by atoms with van der Waals surface area (Å²) in [6.45, 7) is 19.6. The fourth-order valence-corrected chi connectivity index (χ4v) is 13.0. The Hall–Kier alpha value is -10.1. The van der Waals surface area contributed by atoms with E-state index in [0.717, 1.165) is 59.7 Å². The van der Waals surface area contributed by atoms with E-state index in [2.05, 4.69) is 38.5 Å². The molecule has 0 aromatic heterocycles. The summed E-state index contributed by atoms with van der Waals surface area (Å²) in [6.07, 6.45) is -7.16. The maximum atomic E-state index is 15.5. The minimum Gasteiger partial charge on any atom is -0.459 e. The molecule has 14 atom stereocenters. The van der Waals surface area contributed by atoms with Crippen LogP contribution in [0.4, 0.5) is 10.5 Å². The molecule has 2 aliphatic rings. The second kappa shape index (κ2) is 44.2. The molecule has 0 radical (unpaired) electrons. The van der Waals surface area contributed by atoms with E-state index < -0.39 is 217 Å². The molecule has 0 bridgehead atoms. The van der Waals surface area contributed by atoms with Crippen LogP contribution >= 0.6 is 7.82 Å². The van der Waals surface area contributed by atoms with Gasteiger partial charge >= 0.3 is 31.8 Å². The molecular formula is C75H108N11O25P. The number of amides is 12. The van der Waals surface area contributed by atoms with Crippen molar-refractivity contribution in [3.63, 3.8) is 0 Å². The topological polar surface area (TPSA) is 486 Å². The van der Waals surface area contributed by atoms with Gasteiger partial charge in [-0.25, -0.2) is 18.9 Å². The van der Waals surface area contributed by atoms with Crippen molar-refractivity contribution in [2.75, 3.05) is 59.9 Å². The molecule has 2 heterocycles. The van der Waals surface area contributed by atoms with Gasteiger partial charge in [0.15, 0.2) is 24.0 Å². The first-order valence-electron chi connectivity index (χ1n) is 36.5. The first-order chi connectivity index (χ1) is 52.4. The molecular weight excluding hydrogens is 1490 g/mol. The standard InChI is InChI=1S/C75H108N11O25P/c1-40(2)60(81-57(90)31-34-106-35-33-86-58(91)29-30-59(86)92)55(89)38-52(24-21-32-77-75(76)102)68(95)80-53-27-25-51(26-28-53)39-107-112(103,104)111-64(41(3)4)54(36-43(7)87)72(99)110-65(42(5)6)62-71(98)85(16)63(48(12)105-17)74(101)108-47(11)61(79-49(13)88)73(100)109-56(37-50-22-19-18-20-23-50)70(97)84(15)45(9)66(93)78-44(8)69(96)83(14)46(10)67(94)82-62/h18-20,22-23,25-30,40-42,44,46-48,52,54,56,60-65H,9,21,24,31-39H2,1-8,10-17H3,(H,78,93)(H,79,88)(H,80,95)(H,81,90)(H,82,94)(H,103,104)(H3,76,77,102)/t44-,46-,47+,48+,52+,54-,56+,60-,61-,62-,63-,64+,65+/m0/s1. The molecule has 37 heteroatoms. The van der Waals surface area contributed by atoms with Gasteiger partial charge < -0.3 is 85.7 Å². The number of nitrogens with one attached hydrogen (secondary N) is 6. The van der Waals surface area contributed by atoms with Gasteiger partial charge in [0, 0.05) is 91.2 Å². The number of cyclic esters (lactones) is 2. The lowest BCUT2D eigenvalue weighted by Gasteiger charge is -2.38. The highest BCUT2D eigenvalue weighted by Gasteiger charge is 2.48. The number of phosphoric ester groups is 1. The zero-order chi connectivity index (χ0) is 84.3. The number of ketones is 2. The number of anilines is 1. The number of nitrogens with two attached hydrogens (primary N) is 1. The molecule has 4 rings (SSSR count). The summed E-state index contributed by atoms with van der Waals surface area (Å²) in [7, 11) is -0.643. The molecule has 0 spiro atoms.